The molecule has 11 heavy (non-hydrogen) atoms. The van der Waals surface area contributed by atoms with Crippen LogP contribution in [0.15, 0.2) is 16.4 Å². The Morgan fingerprint density at radius 1 is 2.00 bits per heavy atom. The van der Waals surface area contributed by atoms with Gasteiger partial charge in [-0.1, -0.05) is 0 Å². The molecule has 0 spiro atoms. The molecule has 2 rings (SSSR count). The van der Waals surface area contributed by atoms with E-state index in [1.54, 1.807) is 0 Å². The van der Waals surface area contributed by atoms with Crippen molar-refractivity contribution in [2.45, 2.75) is 19.4 Å². The summed E-state index contributed by atoms with van der Waals surface area (Å²) in [5, 5.41) is 0. The second-order valence-electron chi connectivity index (χ2n) is 2.97. The SMILES string of the molecule is C/C(CC=O)=C1\N=C[C@H]2CN12. The molecule has 0 radical (unpaired) electrons. The van der Waals surface area contributed by atoms with E-state index in [1.165, 1.54) is 0 Å². The minimum absolute atomic E-state index is 0.510. The van der Waals surface area contributed by atoms with Crippen molar-refractivity contribution >= 4 is 12.5 Å². The monoisotopic (exact) mass is 150 g/mol. The summed E-state index contributed by atoms with van der Waals surface area (Å²) in [6.45, 7) is 3.05. The Bertz CT molecular complexity index is 255. The van der Waals surface area contributed by atoms with Gasteiger partial charge in [-0.25, -0.2) is 4.99 Å². The molecular weight excluding hydrogens is 140 g/mol. The molecule has 0 aromatic carbocycles. The number of aldehydes is 1. The number of nitrogens with zero attached hydrogens (tertiary/aromatic N) is 2. The lowest BCUT2D eigenvalue weighted by molar-refractivity contribution is -0.107. The van der Waals surface area contributed by atoms with Gasteiger partial charge in [-0.3, -0.25) is 0 Å². The highest BCUT2D eigenvalue weighted by Gasteiger charge is 2.39. The van der Waals surface area contributed by atoms with Gasteiger partial charge in [-0.05, 0) is 12.5 Å². The normalized spacial score (nSPS) is 30.3. The second-order valence-corrected chi connectivity index (χ2v) is 2.97. The Hall–Kier alpha value is -1.12. The maximum absolute atomic E-state index is 10.2. The molecular formula is C8H10N2O. The fraction of sp³-hybridized carbons (Fsp3) is 0.500. The summed E-state index contributed by atoms with van der Waals surface area (Å²) in [5.74, 6) is 1.02. The van der Waals surface area contributed by atoms with Crippen LogP contribution in [0.25, 0.3) is 0 Å². The van der Waals surface area contributed by atoms with E-state index in [2.05, 4.69) is 9.89 Å². The fourth-order valence-corrected chi connectivity index (χ4v) is 1.33. The van der Waals surface area contributed by atoms with Crippen molar-refractivity contribution in [2.75, 3.05) is 6.54 Å². The number of fused-ring (bicyclic) bond motifs is 1. The molecule has 0 aromatic rings. The molecule has 1 atom stereocenters. The Kier molecular flexibility index (Phi) is 1.31. The van der Waals surface area contributed by atoms with Gasteiger partial charge in [0.2, 0.25) is 0 Å². The van der Waals surface area contributed by atoms with Crippen LogP contribution in [-0.4, -0.2) is 30.0 Å². The van der Waals surface area contributed by atoms with Crippen molar-refractivity contribution in [3.8, 4) is 0 Å². The van der Waals surface area contributed by atoms with Crippen LogP contribution in [-0.2, 0) is 4.79 Å². The minimum atomic E-state index is 0.510. The van der Waals surface area contributed by atoms with Crippen molar-refractivity contribution < 1.29 is 4.79 Å². The molecule has 0 aromatic heterocycles. The summed E-state index contributed by atoms with van der Waals surface area (Å²) >= 11 is 0. The Labute approximate surface area is 65.4 Å². The summed E-state index contributed by atoms with van der Waals surface area (Å²) in [6.07, 6.45) is 3.38. The number of aliphatic imine (C=N–C) groups is 1. The average Bonchev–Trinajstić information content (AvgIpc) is 2.63. The van der Waals surface area contributed by atoms with Gasteiger partial charge in [0.25, 0.3) is 0 Å². The van der Waals surface area contributed by atoms with Crippen molar-refractivity contribution in [2.24, 2.45) is 4.99 Å². The fourth-order valence-electron chi connectivity index (χ4n) is 1.33. The molecule has 0 amide bonds. The van der Waals surface area contributed by atoms with Gasteiger partial charge >= 0.3 is 0 Å². The van der Waals surface area contributed by atoms with Crippen LogP contribution >= 0.6 is 0 Å². The summed E-state index contributed by atoms with van der Waals surface area (Å²) in [7, 11) is 0. The third-order valence-electron chi connectivity index (χ3n) is 2.06. The molecule has 58 valence electrons. The molecule has 1 saturated heterocycles. The second kappa shape index (κ2) is 2.19. The molecule has 1 fully saturated rings. The van der Waals surface area contributed by atoms with Gasteiger partial charge in [0, 0.05) is 19.2 Å². The molecule has 3 nitrogen and oxygen atoms in total. The summed E-state index contributed by atoms with van der Waals surface area (Å²) in [4.78, 5) is 16.6. The van der Waals surface area contributed by atoms with Crippen molar-refractivity contribution in [3.05, 3.63) is 11.4 Å². The Morgan fingerprint density at radius 3 is 3.27 bits per heavy atom. The molecule has 2 aliphatic rings. The van der Waals surface area contributed by atoms with Gasteiger partial charge in [0.15, 0.2) is 0 Å². The zero-order chi connectivity index (χ0) is 7.84. The highest BCUT2D eigenvalue weighted by Crippen LogP contribution is 2.31. The van der Waals surface area contributed by atoms with E-state index >= 15 is 0 Å². The van der Waals surface area contributed by atoms with E-state index in [4.69, 9.17) is 0 Å². The molecule has 0 bridgehead atoms. The Morgan fingerprint density at radius 2 is 2.82 bits per heavy atom. The minimum Gasteiger partial charge on any atom is -0.344 e. The first-order chi connectivity index (χ1) is 5.33. The standard InChI is InChI=1S/C8H10N2O/c1-6(2-3-11)8-9-4-7-5-10(7)8/h3-4,7H,2,5H2,1H3/b8-6-/t7-,10?/m0/s1. The van der Waals surface area contributed by atoms with Crippen molar-refractivity contribution in [1.82, 2.24) is 4.90 Å². The summed E-state index contributed by atoms with van der Waals surface area (Å²) in [5.41, 5.74) is 1.08. The third-order valence-corrected chi connectivity index (χ3v) is 2.06. The lowest BCUT2D eigenvalue weighted by Gasteiger charge is -2.02. The van der Waals surface area contributed by atoms with Gasteiger partial charge < -0.3 is 9.69 Å². The largest absolute Gasteiger partial charge is 0.344 e. The molecule has 0 N–H and O–H groups in total. The van der Waals surface area contributed by atoms with Crippen LogP contribution in [0.2, 0.25) is 0 Å². The Balaban J connectivity index is 2.18. The number of rotatable bonds is 2. The van der Waals surface area contributed by atoms with E-state index in [-0.39, 0.29) is 0 Å². The van der Waals surface area contributed by atoms with Crippen LogP contribution in [0.1, 0.15) is 13.3 Å². The van der Waals surface area contributed by atoms with E-state index in [1.807, 2.05) is 13.1 Å². The quantitative estimate of drug-likeness (QED) is 0.426. The lowest BCUT2D eigenvalue weighted by atomic mass is 10.2. The maximum atomic E-state index is 10.2. The first-order valence-electron chi connectivity index (χ1n) is 3.77. The number of hydrogen-bond donors (Lipinski definition) is 0. The molecule has 0 unspecified atom stereocenters. The number of carbonyl (C=O) groups excluding carboxylic acids is 1. The first-order valence-corrected chi connectivity index (χ1v) is 3.77. The number of carbonyl (C=O) groups is 1. The van der Waals surface area contributed by atoms with Crippen LogP contribution in [0.4, 0.5) is 0 Å². The number of allylic oxidation sites excluding steroid dienone is 1. The van der Waals surface area contributed by atoms with Crippen LogP contribution in [0.5, 0.6) is 0 Å². The topological polar surface area (TPSA) is 32.4 Å². The summed E-state index contributed by atoms with van der Waals surface area (Å²) in [6, 6.07) is 0.548. The molecule has 2 heterocycles. The van der Waals surface area contributed by atoms with Gasteiger partial charge in [-0.15, -0.1) is 0 Å². The highest BCUT2D eigenvalue weighted by molar-refractivity contribution is 5.74. The molecule has 0 aliphatic carbocycles. The summed E-state index contributed by atoms with van der Waals surface area (Å²) < 4.78 is 0. The smallest absolute Gasteiger partial charge is 0.128 e. The maximum Gasteiger partial charge on any atom is 0.128 e. The van der Waals surface area contributed by atoms with E-state index in [9.17, 15) is 4.79 Å². The molecule has 0 saturated carbocycles. The molecule has 2 aliphatic heterocycles. The predicted octanol–water partition coefficient (Wildman–Crippen LogP) is 0.576. The van der Waals surface area contributed by atoms with Crippen molar-refractivity contribution in [3.63, 3.8) is 0 Å². The zero-order valence-electron chi connectivity index (χ0n) is 6.45. The van der Waals surface area contributed by atoms with Crippen LogP contribution in [0.3, 0.4) is 0 Å². The van der Waals surface area contributed by atoms with E-state index in [0.29, 0.717) is 12.5 Å². The van der Waals surface area contributed by atoms with E-state index in [0.717, 1.165) is 24.2 Å². The zero-order valence-corrected chi connectivity index (χ0v) is 6.45. The van der Waals surface area contributed by atoms with Gasteiger partial charge in [0.05, 0.1) is 6.04 Å². The van der Waals surface area contributed by atoms with Crippen LogP contribution in [0, 0.1) is 0 Å². The average molecular weight is 150 g/mol. The third kappa shape index (κ3) is 0.964. The van der Waals surface area contributed by atoms with Crippen molar-refractivity contribution in [1.29, 1.82) is 0 Å². The first kappa shape index (κ1) is 6.58. The van der Waals surface area contributed by atoms with E-state index < -0.39 is 0 Å². The highest BCUT2D eigenvalue weighted by atomic mass is 16.1. The lowest BCUT2D eigenvalue weighted by Crippen LogP contribution is -1.96. The predicted molar refractivity (Wildman–Crippen MR) is 42.4 cm³/mol. The van der Waals surface area contributed by atoms with Gasteiger partial charge in [0.1, 0.15) is 12.1 Å². The van der Waals surface area contributed by atoms with Gasteiger partial charge in [-0.2, -0.15) is 0 Å². The number of hydrogen-bond acceptors (Lipinski definition) is 3. The van der Waals surface area contributed by atoms with Crippen LogP contribution < -0.4 is 0 Å². The molecule has 3 heteroatoms.